The number of nitrogens with zero attached hydrogens (tertiary/aromatic N) is 2. The second-order valence-corrected chi connectivity index (χ2v) is 9.46. The zero-order valence-corrected chi connectivity index (χ0v) is 19.9. The fourth-order valence-corrected chi connectivity index (χ4v) is 4.87. The van der Waals surface area contributed by atoms with E-state index in [9.17, 15) is 18.4 Å². The van der Waals surface area contributed by atoms with Crippen molar-refractivity contribution in [1.82, 2.24) is 14.8 Å². The Morgan fingerprint density at radius 3 is 2.74 bits per heavy atom. The Morgan fingerprint density at radius 2 is 2.03 bits per heavy atom. The molecule has 1 aromatic heterocycles. The van der Waals surface area contributed by atoms with E-state index in [2.05, 4.69) is 5.32 Å². The number of carbonyl (C=O) groups is 1. The van der Waals surface area contributed by atoms with E-state index in [0.717, 1.165) is 31.4 Å². The topological polar surface area (TPSA) is 63.6 Å². The highest BCUT2D eigenvalue weighted by molar-refractivity contribution is 5.81. The molecule has 0 unspecified atom stereocenters. The molecule has 0 radical (unpaired) electrons. The van der Waals surface area contributed by atoms with Crippen molar-refractivity contribution in [3.8, 4) is 0 Å². The standard InChI is InChI=1S/C26H33F2N3O3/c1-30-10-8-18(14-24(30)32)21-7-9-29-15-22(21)26(33)31(20-5-6-20)16-19-12-17(4-3-11-34-2)13-23(27)25(19)28/h8,10,12-14,20-22,29H,3-7,9,11,15-16H2,1-2H3/t21-,22+/m1/s1. The monoisotopic (exact) mass is 473 g/mol. The van der Waals surface area contributed by atoms with Gasteiger partial charge >= 0.3 is 0 Å². The largest absolute Gasteiger partial charge is 0.385 e. The number of aromatic nitrogens is 1. The lowest BCUT2D eigenvalue weighted by atomic mass is 9.80. The van der Waals surface area contributed by atoms with Gasteiger partial charge < -0.3 is 19.5 Å². The fourth-order valence-electron chi connectivity index (χ4n) is 4.87. The van der Waals surface area contributed by atoms with E-state index in [4.69, 9.17) is 4.74 Å². The van der Waals surface area contributed by atoms with E-state index >= 15 is 0 Å². The molecule has 1 saturated heterocycles. The summed E-state index contributed by atoms with van der Waals surface area (Å²) in [6, 6.07) is 6.45. The minimum Gasteiger partial charge on any atom is -0.385 e. The van der Waals surface area contributed by atoms with Crippen LogP contribution in [0.5, 0.6) is 0 Å². The molecule has 2 fully saturated rings. The van der Waals surface area contributed by atoms with E-state index in [-0.39, 0.29) is 41.5 Å². The minimum atomic E-state index is -0.890. The molecular formula is C26H33F2N3O3. The molecule has 0 bridgehead atoms. The smallest absolute Gasteiger partial charge is 0.250 e. The number of ether oxygens (including phenoxy) is 1. The maximum atomic E-state index is 14.8. The molecule has 2 aliphatic rings. The molecule has 2 aromatic rings. The van der Waals surface area contributed by atoms with Gasteiger partial charge in [-0.25, -0.2) is 8.78 Å². The SMILES string of the molecule is COCCCc1cc(F)c(F)c(CN(C(=O)[C@H]2CNCC[C@@H]2c2ccn(C)c(=O)c2)C2CC2)c1. The van der Waals surface area contributed by atoms with Gasteiger partial charge in [-0.2, -0.15) is 0 Å². The van der Waals surface area contributed by atoms with E-state index in [1.54, 1.807) is 37.4 Å². The number of rotatable bonds is 9. The van der Waals surface area contributed by atoms with Gasteiger partial charge in [0.25, 0.3) is 5.56 Å². The Hall–Kier alpha value is -2.58. The summed E-state index contributed by atoms with van der Waals surface area (Å²) in [5.74, 6) is -2.29. The highest BCUT2D eigenvalue weighted by Crippen LogP contribution is 2.36. The van der Waals surface area contributed by atoms with Crippen LogP contribution >= 0.6 is 0 Å². The first-order valence-electron chi connectivity index (χ1n) is 12.0. The van der Waals surface area contributed by atoms with Crippen molar-refractivity contribution in [3.05, 3.63) is 69.1 Å². The van der Waals surface area contributed by atoms with E-state index in [0.29, 0.717) is 31.6 Å². The molecule has 8 heteroatoms. The third kappa shape index (κ3) is 5.55. The molecule has 1 aromatic carbocycles. The predicted octanol–water partition coefficient (Wildman–Crippen LogP) is 3.13. The number of piperidine rings is 1. The Labute approximate surface area is 198 Å². The molecule has 1 aliphatic carbocycles. The van der Waals surface area contributed by atoms with Gasteiger partial charge in [0.1, 0.15) is 0 Å². The van der Waals surface area contributed by atoms with Crippen LogP contribution in [0.25, 0.3) is 0 Å². The summed E-state index contributed by atoms with van der Waals surface area (Å²) in [5, 5.41) is 3.30. The lowest BCUT2D eigenvalue weighted by Crippen LogP contribution is -2.47. The minimum absolute atomic E-state index is 0.0401. The van der Waals surface area contributed by atoms with Crippen molar-refractivity contribution in [2.75, 3.05) is 26.8 Å². The maximum Gasteiger partial charge on any atom is 0.250 e. The first-order valence-corrected chi connectivity index (χ1v) is 12.0. The van der Waals surface area contributed by atoms with Crippen molar-refractivity contribution >= 4 is 5.91 Å². The van der Waals surface area contributed by atoms with Crippen LogP contribution < -0.4 is 10.9 Å². The number of halogens is 2. The van der Waals surface area contributed by atoms with Gasteiger partial charge in [-0.1, -0.05) is 6.07 Å². The Bertz CT molecular complexity index is 1080. The summed E-state index contributed by atoms with van der Waals surface area (Å²) >= 11 is 0. The second-order valence-electron chi connectivity index (χ2n) is 9.46. The van der Waals surface area contributed by atoms with Gasteiger partial charge in [0, 0.05) is 57.7 Å². The lowest BCUT2D eigenvalue weighted by molar-refractivity contribution is -0.138. The van der Waals surface area contributed by atoms with Crippen LogP contribution in [0.3, 0.4) is 0 Å². The zero-order chi connectivity index (χ0) is 24.2. The van der Waals surface area contributed by atoms with Gasteiger partial charge in [-0.15, -0.1) is 0 Å². The van der Waals surface area contributed by atoms with Gasteiger partial charge in [0.2, 0.25) is 5.91 Å². The number of methoxy groups -OCH3 is 1. The molecule has 1 amide bonds. The number of amides is 1. The molecule has 184 valence electrons. The number of nitrogens with one attached hydrogen (secondary N) is 1. The quantitative estimate of drug-likeness (QED) is 0.569. The van der Waals surface area contributed by atoms with Gasteiger partial charge in [0.05, 0.1) is 5.92 Å². The Balaban J connectivity index is 1.58. The highest BCUT2D eigenvalue weighted by Gasteiger charge is 2.40. The first kappa shape index (κ1) is 24.5. The first-order chi connectivity index (χ1) is 16.4. The van der Waals surface area contributed by atoms with E-state index < -0.39 is 11.6 Å². The second kappa shape index (κ2) is 10.8. The Kier molecular flexibility index (Phi) is 7.78. The van der Waals surface area contributed by atoms with Crippen LogP contribution in [0, 0.1) is 17.6 Å². The van der Waals surface area contributed by atoms with Crippen LogP contribution in [0.1, 0.15) is 48.3 Å². The molecule has 0 spiro atoms. The maximum absolute atomic E-state index is 14.8. The highest BCUT2D eigenvalue weighted by atomic mass is 19.2. The molecule has 34 heavy (non-hydrogen) atoms. The van der Waals surface area contributed by atoms with Gasteiger partial charge in [-0.3, -0.25) is 9.59 Å². The number of hydrogen-bond donors (Lipinski definition) is 1. The van der Waals surface area contributed by atoms with Crippen molar-refractivity contribution < 1.29 is 18.3 Å². The van der Waals surface area contributed by atoms with Crippen molar-refractivity contribution in [1.29, 1.82) is 0 Å². The number of aryl methyl sites for hydroxylation is 2. The summed E-state index contributed by atoms with van der Waals surface area (Å²) in [5.41, 5.74) is 1.66. The summed E-state index contributed by atoms with van der Waals surface area (Å²) in [4.78, 5) is 27.7. The number of pyridine rings is 1. The average molecular weight is 474 g/mol. The molecule has 1 N–H and O–H groups in total. The number of hydrogen-bond acceptors (Lipinski definition) is 4. The molecule has 2 heterocycles. The molecular weight excluding hydrogens is 440 g/mol. The predicted molar refractivity (Wildman–Crippen MR) is 126 cm³/mol. The third-order valence-electron chi connectivity index (χ3n) is 6.94. The van der Waals surface area contributed by atoms with Crippen molar-refractivity contribution in [2.24, 2.45) is 13.0 Å². The van der Waals surface area contributed by atoms with Crippen molar-refractivity contribution in [2.45, 2.75) is 50.6 Å². The van der Waals surface area contributed by atoms with Crippen LogP contribution in [0.15, 0.2) is 35.3 Å². The van der Waals surface area contributed by atoms with E-state index in [1.165, 1.54) is 10.6 Å². The molecule has 1 saturated carbocycles. The van der Waals surface area contributed by atoms with E-state index in [1.807, 2.05) is 6.07 Å². The zero-order valence-electron chi connectivity index (χ0n) is 19.9. The normalized spacial score (nSPS) is 20.4. The van der Waals surface area contributed by atoms with Crippen LogP contribution in [-0.4, -0.2) is 48.2 Å². The summed E-state index contributed by atoms with van der Waals surface area (Å²) in [6.07, 6.45) is 5.47. The third-order valence-corrected chi connectivity index (χ3v) is 6.94. The van der Waals surface area contributed by atoms with Crippen LogP contribution in [-0.2, 0) is 29.5 Å². The van der Waals surface area contributed by atoms with Crippen molar-refractivity contribution in [3.63, 3.8) is 0 Å². The summed E-state index contributed by atoms with van der Waals surface area (Å²) in [7, 11) is 3.31. The molecule has 1 aliphatic heterocycles. The fraction of sp³-hybridized carbons (Fsp3) is 0.538. The number of carbonyl (C=O) groups excluding carboxylic acids is 1. The molecule has 4 rings (SSSR count). The average Bonchev–Trinajstić information content (AvgIpc) is 3.67. The Morgan fingerprint density at radius 1 is 1.24 bits per heavy atom. The summed E-state index contributed by atoms with van der Waals surface area (Å²) < 4.78 is 35.7. The summed E-state index contributed by atoms with van der Waals surface area (Å²) in [6.45, 7) is 1.84. The van der Waals surface area contributed by atoms with Gasteiger partial charge in [-0.05, 0) is 67.8 Å². The van der Waals surface area contributed by atoms with Gasteiger partial charge in [0.15, 0.2) is 11.6 Å². The molecule has 6 nitrogen and oxygen atoms in total. The lowest BCUT2D eigenvalue weighted by Gasteiger charge is -2.36. The van der Waals surface area contributed by atoms with Crippen LogP contribution in [0.4, 0.5) is 8.78 Å². The number of benzene rings is 1. The molecule has 2 atom stereocenters. The van der Waals surface area contributed by atoms with Crippen LogP contribution in [0.2, 0.25) is 0 Å².